The number of nitrogens with two attached hydrogens (primary N) is 1. The number of ether oxygens (including phenoxy) is 2. The largest absolute Gasteiger partial charge is 0.493 e. The molecule has 2 rings (SSSR count). The van der Waals surface area contributed by atoms with Gasteiger partial charge in [0.2, 0.25) is 0 Å². The Morgan fingerprint density at radius 2 is 2.00 bits per heavy atom. The zero-order valence-electron chi connectivity index (χ0n) is 11.7. The van der Waals surface area contributed by atoms with Crippen molar-refractivity contribution in [3.63, 3.8) is 0 Å². The highest BCUT2D eigenvalue weighted by Crippen LogP contribution is 2.35. The number of rotatable bonds is 5. The van der Waals surface area contributed by atoms with Gasteiger partial charge in [0.25, 0.3) is 0 Å². The van der Waals surface area contributed by atoms with Crippen LogP contribution in [0, 0.1) is 5.41 Å². The van der Waals surface area contributed by atoms with Gasteiger partial charge in [-0.25, -0.2) is 4.98 Å². The molecule has 0 amide bonds. The van der Waals surface area contributed by atoms with Crippen molar-refractivity contribution in [2.75, 3.05) is 14.2 Å². The van der Waals surface area contributed by atoms with Crippen molar-refractivity contribution in [3.8, 4) is 22.1 Å². The second-order valence-electron chi connectivity index (χ2n) is 4.13. The topological polar surface area (TPSA) is 81.2 Å². The molecule has 0 saturated carbocycles. The maximum Gasteiger partial charge on any atom is 0.161 e. The van der Waals surface area contributed by atoms with Crippen molar-refractivity contribution < 1.29 is 9.47 Å². The number of aromatic nitrogens is 1. The van der Waals surface area contributed by atoms with Crippen molar-refractivity contribution in [1.82, 2.24) is 4.98 Å². The van der Waals surface area contributed by atoms with E-state index in [0.29, 0.717) is 11.5 Å². The zero-order valence-corrected chi connectivity index (χ0v) is 12.5. The number of nitrogen functional groups attached to an aromatic ring is 1. The van der Waals surface area contributed by atoms with Gasteiger partial charge in [-0.2, -0.15) is 0 Å². The molecule has 0 atom stereocenters. The monoisotopic (exact) mass is 291 g/mol. The van der Waals surface area contributed by atoms with Gasteiger partial charge >= 0.3 is 0 Å². The molecular weight excluding hydrogens is 274 g/mol. The van der Waals surface area contributed by atoms with Crippen molar-refractivity contribution in [2.24, 2.45) is 5.73 Å². The standard InChI is InChI=1S/C14H17N3O2S/c1-4-9-12(13(15)16)20-14(17-9)8-5-6-10(18-2)11(7-8)19-3/h5-7H,4H2,1-3H3,(H3,15,16). The lowest BCUT2D eigenvalue weighted by Crippen LogP contribution is -2.11. The first kappa shape index (κ1) is 14.3. The molecule has 0 unspecified atom stereocenters. The lowest BCUT2D eigenvalue weighted by molar-refractivity contribution is 0.355. The van der Waals surface area contributed by atoms with Gasteiger partial charge in [-0.05, 0) is 24.6 Å². The first-order valence-electron chi connectivity index (χ1n) is 6.17. The normalized spacial score (nSPS) is 10.3. The van der Waals surface area contributed by atoms with Crippen LogP contribution in [0.4, 0.5) is 0 Å². The van der Waals surface area contributed by atoms with E-state index in [2.05, 4.69) is 4.98 Å². The minimum Gasteiger partial charge on any atom is -0.493 e. The zero-order chi connectivity index (χ0) is 14.7. The molecule has 0 aliphatic carbocycles. The molecule has 0 fully saturated rings. The molecular formula is C14H17N3O2S. The predicted molar refractivity (Wildman–Crippen MR) is 81.0 cm³/mol. The van der Waals surface area contributed by atoms with Crippen molar-refractivity contribution in [3.05, 3.63) is 28.8 Å². The average molecular weight is 291 g/mol. The molecule has 1 heterocycles. The van der Waals surface area contributed by atoms with Crippen LogP contribution in [0.5, 0.6) is 11.5 Å². The van der Waals surface area contributed by atoms with Gasteiger partial charge in [0.15, 0.2) is 11.5 Å². The number of methoxy groups -OCH3 is 2. The van der Waals surface area contributed by atoms with Gasteiger partial charge in [-0.15, -0.1) is 11.3 Å². The van der Waals surface area contributed by atoms with Crippen LogP contribution in [-0.2, 0) is 6.42 Å². The highest BCUT2D eigenvalue weighted by atomic mass is 32.1. The second kappa shape index (κ2) is 5.92. The highest BCUT2D eigenvalue weighted by molar-refractivity contribution is 7.17. The maximum absolute atomic E-state index is 7.60. The average Bonchev–Trinajstić information content (AvgIpc) is 2.91. The maximum atomic E-state index is 7.60. The van der Waals surface area contributed by atoms with E-state index in [9.17, 15) is 0 Å². The van der Waals surface area contributed by atoms with E-state index in [-0.39, 0.29) is 5.84 Å². The summed E-state index contributed by atoms with van der Waals surface area (Å²) in [6.07, 6.45) is 0.749. The first-order chi connectivity index (χ1) is 9.60. The summed E-state index contributed by atoms with van der Waals surface area (Å²) < 4.78 is 10.5. The van der Waals surface area contributed by atoms with Crippen molar-refractivity contribution in [1.29, 1.82) is 5.41 Å². The van der Waals surface area contributed by atoms with Crippen LogP contribution in [0.1, 0.15) is 17.5 Å². The van der Waals surface area contributed by atoms with E-state index in [1.165, 1.54) is 11.3 Å². The van der Waals surface area contributed by atoms with E-state index in [4.69, 9.17) is 20.6 Å². The first-order valence-corrected chi connectivity index (χ1v) is 6.98. The lowest BCUT2D eigenvalue weighted by Gasteiger charge is -2.08. The van der Waals surface area contributed by atoms with Gasteiger partial charge in [0.05, 0.1) is 24.8 Å². The minimum atomic E-state index is 0.0612. The van der Waals surface area contributed by atoms with E-state index in [0.717, 1.165) is 27.6 Å². The fraction of sp³-hybridized carbons (Fsp3) is 0.286. The number of amidine groups is 1. The van der Waals surface area contributed by atoms with E-state index < -0.39 is 0 Å². The number of hydrogen-bond donors (Lipinski definition) is 2. The quantitative estimate of drug-likeness (QED) is 0.655. The van der Waals surface area contributed by atoms with Crippen LogP contribution in [-0.4, -0.2) is 25.0 Å². The van der Waals surface area contributed by atoms with Crippen molar-refractivity contribution >= 4 is 17.2 Å². The summed E-state index contributed by atoms with van der Waals surface area (Å²) >= 11 is 1.42. The molecule has 3 N–H and O–H groups in total. The fourth-order valence-electron chi connectivity index (χ4n) is 1.89. The molecule has 20 heavy (non-hydrogen) atoms. The van der Waals surface area contributed by atoms with Gasteiger partial charge < -0.3 is 15.2 Å². The summed E-state index contributed by atoms with van der Waals surface area (Å²) in [7, 11) is 3.20. The van der Waals surface area contributed by atoms with Crippen LogP contribution in [0.3, 0.4) is 0 Å². The minimum absolute atomic E-state index is 0.0612. The molecule has 0 aliphatic heterocycles. The third kappa shape index (κ3) is 2.60. The molecule has 1 aromatic heterocycles. The third-order valence-electron chi connectivity index (χ3n) is 2.91. The summed E-state index contributed by atoms with van der Waals surface area (Å²) in [4.78, 5) is 5.29. The summed E-state index contributed by atoms with van der Waals surface area (Å²) in [5, 5.41) is 8.43. The van der Waals surface area contributed by atoms with Crippen LogP contribution in [0.25, 0.3) is 10.6 Å². The predicted octanol–water partition coefficient (Wildman–Crippen LogP) is 2.67. The van der Waals surface area contributed by atoms with Crippen LogP contribution in [0.15, 0.2) is 18.2 Å². The fourth-order valence-corrected chi connectivity index (χ4v) is 2.91. The van der Waals surface area contributed by atoms with E-state index >= 15 is 0 Å². The third-order valence-corrected chi connectivity index (χ3v) is 4.09. The summed E-state index contributed by atoms with van der Waals surface area (Å²) in [5.74, 6) is 1.39. The summed E-state index contributed by atoms with van der Waals surface area (Å²) in [6, 6.07) is 5.64. The molecule has 0 radical (unpaired) electrons. The Hall–Kier alpha value is -2.08. The molecule has 5 nitrogen and oxygen atoms in total. The summed E-state index contributed by atoms with van der Waals surface area (Å²) in [6.45, 7) is 2.00. The van der Waals surface area contributed by atoms with E-state index in [1.54, 1.807) is 14.2 Å². The second-order valence-corrected chi connectivity index (χ2v) is 5.13. The number of nitrogens with zero attached hydrogens (tertiary/aromatic N) is 1. The molecule has 0 aliphatic rings. The molecule has 0 saturated heterocycles. The molecule has 0 spiro atoms. The Kier molecular flexibility index (Phi) is 4.24. The lowest BCUT2D eigenvalue weighted by atomic mass is 10.2. The SMILES string of the molecule is CCc1nc(-c2ccc(OC)c(OC)c2)sc1C(=N)N. The van der Waals surface area contributed by atoms with Crippen LogP contribution < -0.4 is 15.2 Å². The van der Waals surface area contributed by atoms with E-state index in [1.807, 2.05) is 25.1 Å². The molecule has 1 aromatic carbocycles. The number of aryl methyl sites for hydroxylation is 1. The van der Waals surface area contributed by atoms with Gasteiger partial charge in [0, 0.05) is 5.56 Å². The molecule has 6 heteroatoms. The van der Waals surface area contributed by atoms with Crippen molar-refractivity contribution in [2.45, 2.75) is 13.3 Å². The Morgan fingerprint density at radius 1 is 1.30 bits per heavy atom. The molecule has 0 bridgehead atoms. The molecule has 2 aromatic rings. The number of hydrogen-bond acceptors (Lipinski definition) is 5. The Balaban J connectivity index is 2.48. The Morgan fingerprint density at radius 3 is 2.50 bits per heavy atom. The van der Waals surface area contributed by atoms with Crippen LogP contribution in [0.2, 0.25) is 0 Å². The Labute approximate surface area is 121 Å². The highest BCUT2D eigenvalue weighted by Gasteiger charge is 2.15. The van der Waals surface area contributed by atoms with Gasteiger partial charge in [-0.1, -0.05) is 6.92 Å². The van der Waals surface area contributed by atoms with Crippen LogP contribution >= 0.6 is 11.3 Å². The Bertz CT molecular complexity index is 637. The van der Waals surface area contributed by atoms with Gasteiger partial charge in [0.1, 0.15) is 10.8 Å². The molecule has 106 valence electrons. The number of benzene rings is 1. The summed E-state index contributed by atoms with van der Waals surface area (Å²) in [5.41, 5.74) is 7.37. The number of nitrogens with one attached hydrogen (secondary N) is 1. The number of thiazole rings is 1. The van der Waals surface area contributed by atoms with Gasteiger partial charge in [-0.3, -0.25) is 5.41 Å². The smallest absolute Gasteiger partial charge is 0.161 e.